The van der Waals surface area contributed by atoms with E-state index < -0.39 is 0 Å². The topological polar surface area (TPSA) is 27.6 Å². The highest BCUT2D eigenvalue weighted by atomic mass is 127. The number of likely N-dealkylation sites (tertiary alicyclic amines) is 1. The second-order valence-electron chi connectivity index (χ2n) is 4.29. The fourth-order valence-corrected chi connectivity index (χ4v) is 3.11. The predicted molar refractivity (Wildman–Crippen MR) is 65.9 cm³/mol. The molecule has 0 aromatic rings. The molecule has 74 valence electrons. The van der Waals surface area contributed by atoms with Gasteiger partial charge in [0.05, 0.1) is 0 Å². The average Bonchev–Trinajstić information content (AvgIpc) is 1.97. The molecule has 2 fully saturated rings. The van der Waals surface area contributed by atoms with Gasteiger partial charge in [-0.1, -0.05) is 0 Å². The summed E-state index contributed by atoms with van der Waals surface area (Å²) >= 11 is 2.18. The monoisotopic (exact) mass is 311 g/mol. The molecule has 0 atom stereocenters. The number of hydrogen-bond donors (Lipinski definition) is 1. The van der Waals surface area contributed by atoms with Gasteiger partial charge in [0.2, 0.25) is 0 Å². The molecule has 0 aromatic heterocycles. The van der Waals surface area contributed by atoms with Crippen molar-refractivity contribution in [2.24, 2.45) is 16.4 Å². The number of rotatable bonds is 3. The van der Waals surface area contributed by atoms with Crippen LogP contribution >= 0.6 is 30.3 Å². The molecule has 0 bridgehead atoms. The van der Waals surface area contributed by atoms with E-state index in [2.05, 4.69) is 49.3 Å². The van der Waals surface area contributed by atoms with Crippen LogP contribution in [0.25, 0.3) is 0 Å². The minimum absolute atomic E-state index is 0.683. The molecule has 0 amide bonds. The molecule has 1 saturated carbocycles. The van der Waals surface area contributed by atoms with E-state index in [0.717, 1.165) is 5.92 Å². The molecule has 1 N–H and O–H groups in total. The molecule has 0 aromatic carbocycles. The molecular formula is C8H14IN3S. The van der Waals surface area contributed by atoms with Crippen molar-refractivity contribution in [3.05, 3.63) is 0 Å². The van der Waals surface area contributed by atoms with E-state index in [1.165, 1.54) is 35.1 Å². The van der Waals surface area contributed by atoms with Crippen molar-refractivity contribution in [1.29, 1.82) is 0 Å². The maximum absolute atomic E-state index is 4.12. The van der Waals surface area contributed by atoms with Gasteiger partial charge in [-0.15, -0.1) is 0 Å². The molecule has 1 aliphatic carbocycles. The number of nitrogens with zero attached hydrogens (tertiary/aromatic N) is 2. The van der Waals surface area contributed by atoms with Crippen molar-refractivity contribution in [1.82, 2.24) is 9.73 Å². The molecule has 1 saturated heterocycles. The van der Waals surface area contributed by atoms with E-state index in [1.807, 2.05) is 0 Å². The Labute approximate surface area is 95.4 Å². The summed E-state index contributed by atoms with van der Waals surface area (Å²) in [7, 11) is 3.71. The van der Waals surface area contributed by atoms with Crippen molar-refractivity contribution < 1.29 is 0 Å². The van der Waals surface area contributed by atoms with Gasteiger partial charge in [0.1, 0.15) is 0 Å². The van der Waals surface area contributed by atoms with Crippen molar-refractivity contribution >= 4 is 36.5 Å². The van der Waals surface area contributed by atoms with Crippen LogP contribution in [-0.2, 0) is 0 Å². The van der Waals surface area contributed by atoms with Gasteiger partial charge >= 0.3 is 0 Å². The third-order valence-corrected chi connectivity index (χ3v) is 3.74. The van der Waals surface area contributed by atoms with Crippen molar-refractivity contribution in [2.75, 3.05) is 20.1 Å². The zero-order valence-electron chi connectivity index (χ0n) is 7.66. The second-order valence-corrected chi connectivity index (χ2v) is 5.95. The summed E-state index contributed by atoms with van der Waals surface area (Å²) in [5.41, 5.74) is 0.683. The average molecular weight is 311 g/mol. The first-order chi connectivity index (χ1) is 6.24. The maximum atomic E-state index is 4.12. The molecule has 0 unspecified atom stereocenters. The van der Waals surface area contributed by atoms with Gasteiger partial charge in [0, 0.05) is 49.6 Å². The van der Waals surface area contributed by atoms with Crippen molar-refractivity contribution in [2.45, 2.75) is 12.8 Å². The number of nitrogens with one attached hydrogen (secondary N) is 1. The largest absolute Gasteiger partial charge is 0.305 e. The van der Waals surface area contributed by atoms with Gasteiger partial charge in [-0.05, 0) is 31.2 Å². The molecule has 2 rings (SSSR count). The van der Waals surface area contributed by atoms with Gasteiger partial charge in [-0.2, -0.15) is 5.10 Å². The van der Waals surface area contributed by atoms with Crippen LogP contribution in [0.3, 0.4) is 0 Å². The number of halogens is 1. The molecule has 1 aliphatic heterocycles. The summed E-state index contributed by atoms with van der Waals surface area (Å²) in [6.45, 7) is 2.59. The molecular weight excluding hydrogens is 297 g/mol. The minimum Gasteiger partial charge on any atom is -0.305 e. The quantitative estimate of drug-likeness (QED) is 0.373. The maximum Gasteiger partial charge on any atom is 0.0396 e. The van der Waals surface area contributed by atoms with Crippen LogP contribution in [0.2, 0.25) is 0 Å². The zero-order chi connectivity index (χ0) is 9.31. The predicted octanol–water partition coefficient (Wildman–Crippen LogP) is 1.90. The molecule has 2 aliphatic rings. The first kappa shape index (κ1) is 10.0. The lowest BCUT2D eigenvalue weighted by Crippen LogP contribution is -2.60. The highest BCUT2D eigenvalue weighted by molar-refractivity contribution is 14.2. The molecule has 13 heavy (non-hydrogen) atoms. The Bertz CT molecular complexity index is 207. The first-order valence-electron chi connectivity index (χ1n) is 4.48. The zero-order valence-corrected chi connectivity index (χ0v) is 10.6. The lowest BCUT2D eigenvalue weighted by molar-refractivity contribution is -0.0612. The summed E-state index contributed by atoms with van der Waals surface area (Å²) in [5.74, 6) is 0.727. The van der Waals surface area contributed by atoms with E-state index in [4.69, 9.17) is 0 Å². The summed E-state index contributed by atoms with van der Waals surface area (Å²) in [6, 6.07) is 0. The Morgan fingerprint density at radius 3 is 2.85 bits per heavy atom. The molecule has 1 spiro atoms. The van der Waals surface area contributed by atoms with Crippen LogP contribution < -0.4 is 4.83 Å². The van der Waals surface area contributed by atoms with Crippen molar-refractivity contribution in [3.63, 3.8) is 0 Å². The Kier molecular flexibility index (Phi) is 3.04. The van der Waals surface area contributed by atoms with E-state index in [1.54, 1.807) is 0 Å². The normalized spacial score (nSPS) is 27.5. The van der Waals surface area contributed by atoms with Crippen LogP contribution in [0, 0.1) is 11.3 Å². The van der Waals surface area contributed by atoms with Gasteiger partial charge in [-0.25, -0.2) is 4.83 Å². The lowest BCUT2D eigenvalue weighted by atomic mass is 9.58. The Morgan fingerprint density at radius 2 is 2.31 bits per heavy atom. The smallest absolute Gasteiger partial charge is 0.0396 e. The van der Waals surface area contributed by atoms with E-state index in [-0.39, 0.29) is 0 Å². The van der Waals surface area contributed by atoms with E-state index >= 15 is 0 Å². The third kappa shape index (κ3) is 2.12. The van der Waals surface area contributed by atoms with Crippen molar-refractivity contribution in [3.8, 4) is 0 Å². The fourth-order valence-electron chi connectivity index (χ4n) is 2.67. The van der Waals surface area contributed by atoms with Gasteiger partial charge < -0.3 is 4.90 Å². The highest BCUT2D eigenvalue weighted by Gasteiger charge is 2.50. The third-order valence-electron chi connectivity index (χ3n) is 2.97. The van der Waals surface area contributed by atoms with E-state index in [9.17, 15) is 0 Å². The first-order valence-corrected chi connectivity index (χ1v) is 7.84. The Balaban J connectivity index is 1.67. The van der Waals surface area contributed by atoms with Crippen LogP contribution in [0.4, 0.5) is 0 Å². The summed E-state index contributed by atoms with van der Waals surface area (Å²) in [5, 5.41) is 4.12. The second kappa shape index (κ2) is 3.94. The summed E-state index contributed by atoms with van der Waals surface area (Å²) < 4.78 is 0. The van der Waals surface area contributed by atoms with Crippen LogP contribution in [-0.4, -0.2) is 31.3 Å². The van der Waals surface area contributed by atoms with Crippen LogP contribution in [0.1, 0.15) is 12.8 Å². The molecule has 3 nitrogen and oxygen atoms in total. The van der Waals surface area contributed by atoms with Crippen LogP contribution in [0.15, 0.2) is 5.10 Å². The van der Waals surface area contributed by atoms with Gasteiger partial charge in [0.25, 0.3) is 0 Å². The number of hydrogen-bond acceptors (Lipinski definition) is 4. The summed E-state index contributed by atoms with van der Waals surface area (Å²) in [4.78, 5) is 5.28. The lowest BCUT2D eigenvalue weighted by Gasteiger charge is -2.57. The molecule has 0 radical (unpaired) electrons. The molecule has 5 heteroatoms. The SMILES string of the molecule is CN1CC2(CC(/C=N/NSI)C2)C1. The van der Waals surface area contributed by atoms with E-state index in [0.29, 0.717) is 5.41 Å². The number of hydrazone groups is 1. The summed E-state index contributed by atoms with van der Waals surface area (Å²) in [6.07, 6.45) is 4.75. The standard InChI is InChI=1S/C8H14IN3S/c1-12-5-8(6-12)2-7(3-8)4-10-11-13-9/h4,7,11H,2-3,5-6H2,1H3/b10-4+. The fraction of sp³-hybridized carbons (Fsp3) is 0.875. The Hall–Kier alpha value is 0.510. The Morgan fingerprint density at radius 1 is 1.62 bits per heavy atom. The van der Waals surface area contributed by atoms with Gasteiger partial charge in [0.15, 0.2) is 0 Å². The minimum atomic E-state index is 0.683. The molecule has 1 heterocycles. The highest BCUT2D eigenvalue weighted by Crippen LogP contribution is 2.50. The van der Waals surface area contributed by atoms with Crippen LogP contribution in [0.5, 0.6) is 0 Å². The van der Waals surface area contributed by atoms with Gasteiger partial charge in [-0.3, -0.25) is 0 Å².